The van der Waals surface area contributed by atoms with Crippen molar-refractivity contribution in [1.82, 2.24) is 0 Å². The summed E-state index contributed by atoms with van der Waals surface area (Å²) < 4.78 is 5.60. The first kappa shape index (κ1) is 12.7. The Hall–Kier alpha value is -1.72. The Morgan fingerprint density at radius 2 is 2.06 bits per heavy atom. The van der Waals surface area contributed by atoms with Crippen LogP contribution in [0.25, 0.3) is 11.0 Å². The van der Waals surface area contributed by atoms with Gasteiger partial charge in [-0.1, -0.05) is 25.1 Å². The lowest BCUT2D eigenvalue weighted by atomic mass is 9.98. The van der Waals surface area contributed by atoms with E-state index >= 15 is 0 Å². The smallest absolute Gasteiger partial charge is 0.213 e. The van der Waals surface area contributed by atoms with Crippen LogP contribution < -0.4 is 0 Å². The maximum Gasteiger partial charge on any atom is 0.213 e. The minimum absolute atomic E-state index is 0.321. The van der Waals surface area contributed by atoms with Crippen molar-refractivity contribution in [1.29, 1.82) is 0 Å². The third-order valence-corrected chi connectivity index (χ3v) is 3.00. The highest BCUT2D eigenvalue weighted by atomic mass is 16.4. The summed E-state index contributed by atoms with van der Waals surface area (Å²) in [7, 11) is 0. The topological polar surface area (TPSA) is 83.0 Å². The fourth-order valence-corrected chi connectivity index (χ4v) is 1.93. The lowest BCUT2D eigenvalue weighted by Crippen LogP contribution is -2.31. The molecule has 0 spiro atoms. The van der Waals surface area contributed by atoms with Crippen molar-refractivity contribution in [3.05, 3.63) is 41.0 Å². The summed E-state index contributed by atoms with van der Waals surface area (Å²) in [6, 6.07) is 9.49. The zero-order chi connectivity index (χ0) is 13.1. The molecule has 0 radical (unpaired) electrons. The molecule has 5 nitrogen and oxygen atoms in total. The molecule has 0 saturated carbocycles. The average Bonchev–Trinajstić information content (AvgIpc) is 2.78. The number of nitroso groups, excluding NO2 is 1. The lowest BCUT2D eigenvalue weighted by Gasteiger charge is -2.18. The number of rotatable bonds is 5. The second-order valence-corrected chi connectivity index (χ2v) is 4.44. The van der Waals surface area contributed by atoms with Crippen LogP contribution in [-0.4, -0.2) is 22.5 Å². The highest BCUT2D eigenvalue weighted by Crippen LogP contribution is 2.22. The summed E-state index contributed by atoms with van der Waals surface area (Å²) in [5, 5.41) is 22.2. The molecule has 0 fully saturated rings. The molecule has 96 valence electrons. The van der Waals surface area contributed by atoms with Crippen molar-refractivity contribution >= 4 is 11.0 Å². The quantitative estimate of drug-likeness (QED) is 0.794. The van der Waals surface area contributed by atoms with Crippen LogP contribution in [0.4, 0.5) is 0 Å². The Bertz CT molecular complexity index is 504. The molecule has 2 aromatic rings. The molecular weight excluding hydrogens is 234 g/mol. The predicted octanol–water partition coefficient (Wildman–Crippen LogP) is 2.06. The molecule has 0 amide bonds. The van der Waals surface area contributed by atoms with Gasteiger partial charge in [0.15, 0.2) is 0 Å². The fourth-order valence-electron chi connectivity index (χ4n) is 1.93. The SMILES string of the molecule is C[C@H](Cc1cc2ccccc2o1)C(O)C(O)N=O. The molecule has 0 aliphatic carbocycles. The van der Waals surface area contributed by atoms with E-state index in [2.05, 4.69) is 5.18 Å². The van der Waals surface area contributed by atoms with Gasteiger partial charge in [-0.25, -0.2) is 0 Å². The summed E-state index contributed by atoms with van der Waals surface area (Å²) >= 11 is 0. The van der Waals surface area contributed by atoms with Gasteiger partial charge in [0.25, 0.3) is 0 Å². The van der Waals surface area contributed by atoms with E-state index in [1.807, 2.05) is 30.3 Å². The number of fused-ring (bicyclic) bond motifs is 1. The molecule has 18 heavy (non-hydrogen) atoms. The number of benzene rings is 1. The number of para-hydroxylation sites is 1. The molecule has 2 rings (SSSR count). The van der Waals surface area contributed by atoms with E-state index in [4.69, 9.17) is 9.52 Å². The molecule has 1 aromatic carbocycles. The molecule has 0 saturated heterocycles. The van der Waals surface area contributed by atoms with E-state index in [-0.39, 0.29) is 5.92 Å². The van der Waals surface area contributed by atoms with Gasteiger partial charge in [0, 0.05) is 11.8 Å². The Balaban J connectivity index is 2.11. The summed E-state index contributed by atoms with van der Waals surface area (Å²) in [5.41, 5.74) is 0.781. The van der Waals surface area contributed by atoms with Crippen molar-refractivity contribution in [3.8, 4) is 0 Å². The average molecular weight is 249 g/mol. The number of aliphatic hydroxyl groups is 2. The number of aliphatic hydroxyl groups excluding tert-OH is 2. The number of furan rings is 1. The second kappa shape index (κ2) is 5.29. The molecule has 0 aliphatic rings. The van der Waals surface area contributed by atoms with Crippen LogP contribution in [0.2, 0.25) is 0 Å². The molecule has 1 heterocycles. The molecule has 2 N–H and O–H groups in total. The zero-order valence-electron chi connectivity index (χ0n) is 9.98. The van der Waals surface area contributed by atoms with Crippen molar-refractivity contribution in [2.24, 2.45) is 11.1 Å². The van der Waals surface area contributed by atoms with Crippen LogP contribution in [0.3, 0.4) is 0 Å². The Morgan fingerprint density at radius 3 is 2.72 bits per heavy atom. The largest absolute Gasteiger partial charge is 0.461 e. The highest BCUT2D eigenvalue weighted by molar-refractivity contribution is 5.77. The maximum absolute atomic E-state index is 10.2. The zero-order valence-corrected chi connectivity index (χ0v) is 9.98. The van der Waals surface area contributed by atoms with Crippen molar-refractivity contribution in [2.75, 3.05) is 0 Å². The summed E-state index contributed by atoms with van der Waals surface area (Å²) in [6.45, 7) is 1.73. The van der Waals surface area contributed by atoms with Gasteiger partial charge in [0.2, 0.25) is 6.23 Å². The summed E-state index contributed by atoms with van der Waals surface area (Å²) in [5.74, 6) is 0.388. The van der Waals surface area contributed by atoms with Gasteiger partial charge < -0.3 is 14.6 Å². The van der Waals surface area contributed by atoms with Gasteiger partial charge in [0.1, 0.15) is 17.4 Å². The van der Waals surface area contributed by atoms with E-state index in [9.17, 15) is 10.0 Å². The monoisotopic (exact) mass is 249 g/mol. The Morgan fingerprint density at radius 1 is 1.33 bits per heavy atom. The van der Waals surface area contributed by atoms with Crippen LogP contribution in [0.1, 0.15) is 12.7 Å². The van der Waals surface area contributed by atoms with E-state index in [0.29, 0.717) is 12.2 Å². The maximum atomic E-state index is 10.2. The van der Waals surface area contributed by atoms with Crippen molar-refractivity contribution in [2.45, 2.75) is 25.7 Å². The van der Waals surface area contributed by atoms with Crippen LogP contribution in [0.15, 0.2) is 39.9 Å². The van der Waals surface area contributed by atoms with E-state index in [1.165, 1.54) is 0 Å². The summed E-state index contributed by atoms with van der Waals surface area (Å²) in [6.07, 6.45) is -2.34. The first-order valence-electron chi connectivity index (χ1n) is 5.78. The predicted molar refractivity (Wildman–Crippen MR) is 66.9 cm³/mol. The fraction of sp³-hybridized carbons (Fsp3) is 0.385. The number of hydrogen-bond acceptors (Lipinski definition) is 5. The normalized spacial score (nSPS) is 16.4. The standard InChI is InChI=1S/C13H15NO4/c1-8(12(15)13(16)14-17)6-10-7-9-4-2-3-5-11(9)18-10/h2-5,7-8,12-13,15-16H,6H2,1H3/t8-,12?,13?/m1/s1. The second-order valence-electron chi connectivity index (χ2n) is 4.44. The molecule has 2 unspecified atom stereocenters. The first-order chi connectivity index (χ1) is 8.61. The molecular formula is C13H15NO4. The minimum atomic E-state index is -1.59. The van der Waals surface area contributed by atoms with Gasteiger partial charge in [-0.2, -0.15) is 0 Å². The van der Waals surface area contributed by atoms with E-state index in [0.717, 1.165) is 11.0 Å². The lowest BCUT2D eigenvalue weighted by molar-refractivity contribution is -0.00915. The van der Waals surface area contributed by atoms with Crippen molar-refractivity contribution < 1.29 is 14.6 Å². The molecule has 1 aromatic heterocycles. The van der Waals surface area contributed by atoms with Crippen molar-refractivity contribution in [3.63, 3.8) is 0 Å². The van der Waals surface area contributed by atoms with Gasteiger partial charge in [-0.15, -0.1) is 4.91 Å². The third-order valence-electron chi connectivity index (χ3n) is 3.00. The third kappa shape index (κ3) is 2.57. The van der Waals surface area contributed by atoms with Crippen LogP contribution in [0, 0.1) is 10.8 Å². The van der Waals surface area contributed by atoms with Gasteiger partial charge >= 0.3 is 0 Å². The van der Waals surface area contributed by atoms with E-state index < -0.39 is 12.3 Å². The molecule has 0 bridgehead atoms. The minimum Gasteiger partial charge on any atom is -0.461 e. The Kier molecular flexibility index (Phi) is 3.74. The molecule has 0 aliphatic heterocycles. The van der Waals surface area contributed by atoms with E-state index in [1.54, 1.807) is 6.92 Å². The number of hydrogen-bond donors (Lipinski definition) is 2. The molecule has 5 heteroatoms. The Labute approximate surface area is 104 Å². The van der Waals surface area contributed by atoms with Gasteiger partial charge in [-0.05, 0) is 23.2 Å². The number of nitrogens with zero attached hydrogens (tertiary/aromatic N) is 1. The molecule has 3 atom stereocenters. The van der Waals surface area contributed by atoms with Gasteiger partial charge in [-0.3, -0.25) is 0 Å². The highest BCUT2D eigenvalue weighted by Gasteiger charge is 2.24. The van der Waals surface area contributed by atoms with Gasteiger partial charge in [0.05, 0.1) is 0 Å². The summed E-state index contributed by atoms with van der Waals surface area (Å²) in [4.78, 5) is 10.2. The van der Waals surface area contributed by atoms with Crippen LogP contribution >= 0.6 is 0 Å². The van der Waals surface area contributed by atoms with Crippen LogP contribution in [-0.2, 0) is 6.42 Å². The van der Waals surface area contributed by atoms with Crippen LogP contribution in [0.5, 0.6) is 0 Å². The first-order valence-corrected chi connectivity index (χ1v) is 5.78.